The van der Waals surface area contributed by atoms with Crippen LogP contribution in [-0.2, 0) is 24.4 Å². The van der Waals surface area contributed by atoms with Crippen LogP contribution in [0.2, 0.25) is 0 Å². The molecule has 0 spiro atoms. The number of carbonyl (C=O) groups excluding carboxylic acids is 3. The second-order valence-corrected chi connectivity index (χ2v) is 10.5. The number of rotatable bonds is 10. The average Bonchev–Trinajstić information content (AvgIpc) is 3.10. The fraction of sp³-hybridized carbons (Fsp3) is 0.850. The first-order valence-corrected chi connectivity index (χ1v) is 12.7. The highest BCUT2D eigenvalue weighted by molar-refractivity contribution is 7.86. The Kier molecular flexibility index (Phi) is 9.71. The topological polar surface area (TPSA) is 171 Å². The van der Waals surface area contributed by atoms with E-state index in [9.17, 15) is 32.5 Å². The molecule has 3 amide bonds. The van der Waals surface area contributed by atoms with Crippen LogP contribution < -0.4 is 16.0 Å². The molecule has 5 N–H and O–H groups in total. The molecule has 1 aliphatic carbocycles. The molecule has 1 saturated carbocycles. The molecule has 11 nitrogen and oxygen atoms in total. The fourth-order valence-electron chi connectivity index (χ4n) is 4.13. The summed E-state index contributed by atoms with van der Waals surface area (Å²) < 4.78 is 37.8. The number of hydrogen-bond donors (Lipinski definition) is 5. The number of carbonyl (C=O) groups is 3. The summed E-state index contributed by atoms with van der Waals surface area (Å²) in [6.45, 7) is 4.10. The predicted octanol–water partition coefficient (Wildman–Crippen LogP) is 0.677. The van der Waals surface area contributed by atoms with E-state index < -0.39 is 45.6 Å². The van der Waals surface area contributed by atoms with Gasteiger partial charge in [-0.15, -0.1) is 0 Å². The maximum atomic E-state index is 12.9. The second kappa shape index (κ2) is 11.8. The first-order chi connectivity index (χ1) is 15.0. The molecule has 32 heavy (non-hydrogen) atoms. The molecule has 12 heteroatoms. The lowest BCUT2D eigenvalue weighted by molar-refractivity contribution is -0.126. The Bertz CT molecular complexity index is 767. The molecular formula is C20H35N3O8S. The number of ether oxygens (including phenoxy) is 1. The van der Waals surface area contributed by atoms with Crippen molar-refractivity contribution in [2.24, 2.45) is 11.8 Å². The summed E-state index contributed by atoms with van der Waals surface area (Å²) in [5.74, 6) is -1.67. The Balaban J connectivity index is 2.08. The van der Waals surface area contributed by atoms with Crippen LogP contribution >= 0.6 is 0 Å². The van der Waals surface area contributed by atoms with Gasteiger partial charge in [-0.25, -0.2) is 4.79 Å². The van der Waals surface area contributed by atoms with Gasteiger partial charge in [0.15, 0.2) is 0 Å². The van der Waals surface area contributed by atoms with Crippen molar-refractivity contribution in [1.29, 1.82) is 0 Å². The minimum Gasteiger partial charge on any atom is -0.446 e. The zero-order chi connectivity index (χ0) is 23.9. The Morgan fingerprint density at radius 2 is 1.81 bits per heavy atom. The molecular weight excluding hydrogens is 442 g/mol. The lowest BCUT2D eigenvalue weighted by Crippen LogP contribution is -2.55. The standard InChI is InChI=1S/C20H35N3O8S/c1-12(2)10-15(23-20(27)31-14-6-4-3-5-7-14)18(25)22-16(19(26)32(28,29)30)11-13-8-9-21-17(13)24/h12-16,19,26H,3-11H2,1-2H3,(H,21,24)(H,22,25)(H,23,27)(H,28,29,30)/t13-,15-,16-,19?/m0/s1. The van der Waals surface area contributed by atoms with E-state index in [0.29, 0.717) is 13.0 Å². The molecule has 0 bridgehead atoms. The van der Waals surface area contributed by atoms with Gasteiger partial charge in [0.2, 0.25) is 17.3 Å². The highest BCUT2D eigenvalue weighted by Gasteiger charge is 2.38. The van der Waals surface area contributed by atoms with Gasteiger partial charge in [-0.1, -0.05) is 20.3 Å². The summed E-state index contributed by atoms with van der Waals surface area (Å²) in [6, 6.07) is -2.48. The van der Waals surface area contributed by atoms with E-state index in [1.165, 1.54) is 0 Å². The van der Waals surface area contributed by atoms with E-state index in [-0.39, 0.29) is 30.8 Å². The first-order valence-electron chi connectivity index (χ1n) is 11.2. The van der Waals surface area contributed by atoms with Crippen LogP contribution in [0, 0.1) is 11.8 Å². The van der Waals surface area contributed by atoms with Gasteiger partial charge in [0.25, 0.3) is 10.1 Å². The predicted molar refractivity (Wildman–Crippen MR) is 115 cm³/mol. The van der Waals surface area contributed by atoms with E-state index >= 15 is 0 Å². The molecule has 0 aromatic heterocycles. The van der Waals surface area contributed by atoms with E-state index in [1.54, 1.807) is 0 Å². The van der Waals surface area contributed by atoms with Crippen LogP contribution in [0.15, 0.2) is 0 Å². The largest absolute Gasteiger partial charge is 0.446 e. The molecule has 2 rings (SSSR count). The molecule has 1 aliphatic heterocycles. The van der Waals surface area contributed by atoms with Gasteiger partial charge in [0.05, 0.1) is 6.04 Å². The van der Waals surface area contributed by atoms with E-state index in [0.717, 1.165) is 32.1 Å². The van der Waals surface area contributed by atoms with Gasteiger partial charge in [-0.2, -0.15) is 8.42 Å². The quantitative estimate of drug-likeness (QED) is 0.286. The maximum absolute atomic E-state index is 12.9. The number of aliphatic hydroxyl groups is 1. The Morgan fingerprint density at radius 3 is 2.34 bits per heavy atom. The van der Waals surface area contributed by atoms with Crippen LogP contribution in [0.4, 0.5) is 4.79 Å². The molecule has 2 fully saturated rings. The average molecular weight is 478 g/mol. The summed E-state index contributed by atoms with van der Waals surface area (Å²) in [5.41, 5.74) is -2.31. The lowest BCUT2D eigenvalue weighted by atomic mass is 9.97. The monoisotopic (exact) mass is 477 g/mol. The van der Waals surface area contributed by atoms with Crippen molar-refractivity contribution < 1.29 is 37.2 Å². The minimum atomic E-state index is -4.90. The summed E-state index contributed by atoms with van der Waals surface area (Å²) in [6.07, 6.45) is 4.09. The number of amides is 3. The molecule has 4 atom stereocenters. The van der Waals surface area contributed by atoms with E-state index in [1.807, 2.05) is 13.8 Å². The van der Waals surface area contributed by atoms with Gasteiger partial charge in [-0.3, -0.25) is 14.1 Å². The third-order valence-electron chi connectivity index (χ3n) is 5.82. The third-order valence-corrected chi connectivity index (χ3v) is 6.76. The molecule has 0 aromatic carbocycles. The molecule has 1 heterocycles. The molecule has 1 saturated heterocycles. The fourth-order valence-corrected chi connectivity index (χ4v) is 4.72. The molecule has 0 radical (unpaired) electrons. The SMILES string of the molecule is CC(C)C[C@H](NC(=O)OC1CCCCC1)C(=O)N[C@@H](C[C@@H]1CCNC1=O)C(O)S(=O)(=O)O. The van der Waals surface area contributed by atoms with Crippen molar-refractivity contribution in [2.75, 3.05) is 6.54 Å². The van der Waals surface area contributed by atoms with Gasteiger partial charge in [0.1, 0.15) is 12.1 Å². The normalized spacial score (nSPS) is 22.7. The van der Waals surface area contributed by atoms with Gasteiger partial charge >= 0.3 is 6.09 Å². The number of alkyl carbamates (subject to hydrolysis) is 1. The molecule has 184 valence electrons. The first kappa shape index (κ1) is 26.3. The maximum Gasteiger partial charge on any atom is 0.408 e. The smallest absolute Gasteiger partial charge is 0.408 e. The van der Waals surface area contributed by atoms with Crippen molar-refractivity contribution >= 4 is 28.0 Å². The highest BCUT2D eigenvalue weighted by Crippen LogP contribution is 2.21. The van der Waals surface area contributed by atoms with Gasteiger partial charge in [0, 0.05) is 12.5 Å². The number of aliphatic hydroxyl groups excluding tert-OH is 1. The Hall–Kier alpha value is -1.92. The van der Waals surface area contributed by atoms with E-state index in [4.69, 9.17) is 4.74 Å². The van der Waals surface area contributed by atoms with Crippen molar-refractivity contribution in [3.8, 4) is 0 Å². The molecule has 1 unspecified atom stereocenters. The molecule has 2 aliphatic rings. The summed E-state index contributed by atoms with van der Waals surface area (Å²) in [7, 11) is -4.90. The summed E-state index contributed by atoms with van der Waals surface area (Å²) in [4.78, 5) is 37.2. The van der Waals surface area contributed by atoms with Crippen LogP contribution in [0.3, 0.4) is 0 Å². The lowest BCUT2D eigenvalue weighted by Gasteiger charge is -2.28. The number of hydrogen-bond acceptors (Lipinski definition) is 7. The molecule has 0 aromatic rings. The second-order valence-electron chi connectivity index (χ2n) is 9.02. The Morgan fingerprint density at radius 1 is 1.16 bits per heavy atom. The highest BCUT2D eigenvalue weighted by atomic mass is 32.2. The zero-order valence-corrected chi connectivity index (χ0v) is 19.4. The van der Waals surface area contributed by atoms with Crippen LogP contribution in [0.25, 0.3) is 0 Å². The third kappa shape index (κ3) is 8.21. The van der Waals surface area contributed by atoms with Crippen LogP contribution in [0.5, 0.6) is 0 Å². The minimum absolute atomic E-state index is 0.00582. The van der Waals surface area contributed by atoms with Crippen LogP contribution in [0.1, 0.15) is 65.2 Å². The summed E-state index contributed by atoms with van der Waals surface area (Å²) in [5, 5.41) is 17.6. The van der Waals surface area contributed by atoms with Gasteiger partial charge < -0.3 is 25.8 Å². The van der Waals surface area contributed by atoms with Crippen molar-refractivity contribution in [3.05, 3.63) is 0 Å². The van der Waals surface area contributed by atoms with Crippen molar-refractivity contribution in [1.82, 2.24) is 16.0 Å². The van der Waals surface area contributed by atoms with Crippen molar-refractivity contribution in [2.45, 2.75) is 88.8 Å². The summed E-state index contributed by atoms with van der Waals surface area (Å²) >= 11 is 0. The Labute approximate surface area is 188 Å². The zero-order valence-electron chi connectivity index (χ0n) is 18.6. The van der Waals surface area contributed by atoms with Crippen LogP contribution in [-0.4, -0.2) is 66.2 Å². The van der Waals surface area contributed by atoms with Gasteiger partial charge in [-0.05, 0) is 50.9 Å². The number of nitrogens with one attached hydrogen (secondary N) is 3. The van der Waals surface area contributed by atoms with Crippen molar-refractivity contribution in [3.63, 3.8) is 0 Å². The van der Waals surface area contributed by atoms with E-state index in [2.05, 4.69) is 16.0 Å².